The van der Waals surface area contributed by atoms with E-state index in [9.17, 15) is 4.79 Å². The van der Waals surface area contributed by atoms with Gasteiger partial charge >= 0.3 is 0 Å². The highest BCUT2D eigenvalue weighted by molar-refractivity contribution is 7.71. The first-order chi connectivity index (χ1) is 6.68. The molecule has 2 rings (SSSR count). The molecule has 0 atom stereocenters. The van der Waals surface area contributed by atoms with E-state index in [0.717, 1.165) is 10.3 Å². The third-order valence-corrected chi connectivity index (χ3v) is 2.38. The van der Waals surface area contributed by atoms with E-state index >= 15 is 0 Å². The van der Waals surface area contributed by atoms with Crippen molar-refractivity contribution in [2.24, 2.45) is 0 Å². The lowest BCUT2D eigenvalue weighted by atomic mass is 10.4. The van der Waals surface area contributed by atoms with E-state index < -0.39 is 0 Å². The molecule has 0 radical (unpaired) electrons. The number of pyridine rings is 1. The Hall–Kier alpha value is -1.42. The van der Waals surface area contributed by atoms with Crippen LogP contribution in [-0.4, -0.2) is 14.8 Å². The van der Waals surface area contributed by atoms with E-state index in [-0.39, 0.29) is 5.78 Å². The van der Waals surface area contributed by atoms with E-state index in [2.05, 4.69) is 0 Å². The fourth-order valence-electron chi connectivity index (χ4n) is 1.47. The van der Waals surface area contributed by atoms with Crippen molar-refractivity contribution in [3.05, 3.63) is 35.2 Å². The van der Waals surface area contributed by atoms with Crippen LogP contribution < -0.4 is 0 Å². The predicted molar refractivity (Wildman–Crippen MR) is 56.9 cm³/mol. The summed E-state index contributed by atoms with van der Waals surface area (Å²) in [6, 6.07) is 5.70. The summed E-state index contributed by atoms with van der Waals surface area (Å²) in [7, 11) is 0. The Balaban J connectivity index is 2.64. The topological polar surface area (TPSA) is 26.4 Å². The van der Waals surface area contributed by atoms with Crippen molar-refractivity contribution < 1.29 is 4.79 Å². The number of rotatable bonds is 2. The molecule has 2 aromatic heterocycles. The minimum Gasteiger partial charge on any atom is -0.325 e. The molecule has 3 nitrogen and oxygen atoms in total. The summed E-state index contributed by atoms with van der Waals surface area (Å²) in [5, 5.41) is 0. The highest BCUT2D eigenvalue weighted by Gasteiger charge is 2.01. The quantitative estimate of drug-likeness (QED) is 0.703. The lowest BCUT2D eigenvalue weighted by Crippen LogP contribution is -2.05. The maximum atomic E-state index is 11.0. The maximum Gasteiger partial charge on any atom is 0.149 e. The molecule has 2 heterocycles. The van der Waals surface area contributed by atoms with Crippen LogP contribution in [0.15, 0.2) is 30.6 Å². The van der Waals surface area contributed by atoms with Gasteiger partial charge in [-0.2, -0.15) is 0 Å². The number of fused-ring (bicyclic) bond motifs is 1. The van der Waals surface area contributed by atoms with Gasteiger partial charge in [0.25, 0.3) is 0 Å². The van der Waals surface area contributed by atoms with Crippen LogP contribution in [0.4, 0.5) is 0 Å². The zero-order chi connectivity index (χ0) is 10.1. The lowest BCUT2D eigenvalue weighted by Gasteiger charge is -2.01. The summed E-state index contributed by atoms with van der Waals surface area (Å²) in [5.74, 6) is 0.137. The van der Waals surface area contributed by atoms with Gasteiger partial charge in [-0.1, -0.05) is 18.3 Å². The van der Waals surface area contributed by atoms with Gasteiger partial charge in [0.05, 0.1) is 6.54 Å². The minimum absolute atomic E-state index is 0.137. The van der Waals surface area contributed by atoms with Crippen molar-refractivity contribution in [1.29, 1.82) is 0 Å². The Morgan fingerprint density at radius 3 is 2.93 bits per heavy atom. The normalized spacial score (nSPS) is 10.6. The smallest absolute Gasteiger partial charge is 0.149 e. The van der Waals surface area contributed by atoms with Crippen LogP contribution in [0, 0.1) is 4.64 Å². The maximum absolute atomic E-state index is 11.0. The average molecular weight is 206 g/mol. The molecule has 0 fully saturated rings. The number of carbonyl (C=O) groups excluding carboxylic acids is 1. The summed E-state index contributed by atoms with van der Waals surface area (Å²) < 4.78 is 4.53. The van der Waals surface area contributed by atoms with Crippen LogP contribution in [0.1, 0.15) is 6.92 Å². The van der Waals surface area contributed by atoms with Crippen molar-refractivity contribution in [3.63, 3.8) is 0 Å². The molecule has 0 aliphatic carbocycles. The largest absolute Gasteiger partial charge is 0.325 e. The molecule has 0 N–H and O–H groups in total. The zero-order valence-corrected chi connectivity index (χ0v) is 8.62. The highest BCUT2D eigenvalue weighted by atomic mass is 32.1. The molecule has 14 heavy (non-hydrogen) atoms. The first kappa shape index (κ1) is 9.15. The van der Waals surface area contributed by atoms with E-state index in [1.54, 1.807) is 6.92 Å². The second-order valence-corrected chi connectivity index (χ2v) is 3.64. The second-order valence-electron chi connectivity index (χ2n) is 3.22. The molecule has 2 aromatic rings. The Morgan fingerprint density at radius 1 is 1.43 bits per heavy atom. The van der Waals surface area contributed by atoms with Crippen molar-refractivity contribution in [2.45, 2.75) is 13.5 Å². The fourth-order valence-corrected chi connectivity index (χ4v) is 1.70. The Bertz CT molecular complexity index is 538. The van der Waals surface area contributed by atoms with Crippen molar-refractivity contribution >= 4 is 23.6 Å². The minimum atomic E-state index is 0.137. The highest BCUT2D eigenvalue weighted by Crippen LogP contribution is 2.06. The van der Waals surface area contributed by atoms with E-state index in [4.69, 9.17) is 12.2 Å². The van der Waals surface area contributed by atoms with Crippen LogP contribution in [0.5, 0.6) is 0 Å². The molecule has 0 aromatic carbocycles. The number of hydrogen-bond donors (Lipinski definition) is 0. The van der Waals surface area contributed by atoms with Gasteiger partial charge in [0, 0.05) is 12.4 Å². The molecule has 0 bridgehead atoms. The third-order valence-electron chi connectivity index (χ3n) is 2.05. The van der Waals surface area contributed by atoms with E-state index in [1.807, 2.05) is 39.6 Å². The summed E-state index contributed by atoms with van der Waals surface area (Å²) in [4.78, 5) is 11.0. The molecule has 0 aliphatic heterocycles. The molecule has 0 amide bonds. The Kier molecular flexibility index (Phi) is 2.21. The fraction of sp³-hybridized carbons (Fsp3) is 0.200. The Labute approximate surface area is 86.6 Å². The number of aromatic nitrogens is 2. The van der Waals surface area contributed by atoms with Gasteiger partial charge in [0.1, 0.15) is 16.1 Å². The monoisotopic (exact) mass is 206 g/mol. The van der Waals surface area contributed by atoms with Gasteiger partial charge in [-0.05, 0) is 19.1 Å². The van der Waals surface area contributed by atoms with Crippen molar-refractivity contribution in [3.8, 4) is 0 Å². The number of nitrogens with zero attached hydrogens (tertiary/aromatic N) is 2. The van der Waals surface area contributed by atoms with Crippen molar-refractivity contribution in [1.82, 2.24) is 8.97 Å². The summed E-state index contributed by atoms with van der Waals surface area (Å²) >= 11 is 5.15. The number of hydrogen-bond acceptors (Lipinski definition) is 2. The zero-order valence-electron chi connectivity index (χ0n) is 7.80. The SMILES string of the molecule is CC(=O)Cn1ccn2c(=S)cccc12. The van der Waals surface area contributed by atoms with E-state index in [0.29, 0.717) is 6.54 Å². The van der Waals surface area contributed by atoms with Gasteiger partial charge < -0.3 is 4.57 Å². The molecule has 4 heteroatoms. The number of Topliss-reactive ketones (excluding diaryl/α,β-unsaturated/α-hetero) is 1. The van der Waals surface area contributed by atoms with Gasteiger partial charge in [-0.3, -0.25) is 9.20 Å². The second kappa shape index (κ2) is 3.38. The van der Waals surface area contributed by atoms with Crippen LogP contribution in [-0.2, 0) is 11.3 Å². The summed E-state index contributed by atoms with van der Waals surface area (Å²) in [6.45, 7) is 1.98. The average Bonchev–Trinajstić information content (AvgIpc) is 2.49. The Morgan fingerprint density at radius 2 is 2.21 bits per heavy atom. The first-order valence-corrected chi connectivity index (χ1v) is 4.75. The van der Waals surface area contributed by atoms with Gasteiger partial charge in [-0.15, -0.1) is 0 Å². The van der Waals surface area contributed by atoms with E-state index in [1.165, 1.54) is 0 Å². The molecule has 0 aliphatic rings. The molecular formula is C10H10N2OS. The predicted octanol–water partition coefficient (Wildman–Crippen LogP) is 2.06. The molecule has 0 spiro atoms. The van der Waals surface area contributed by atoms with Crippen molar-refractivity contribution in [2.75, 3.05) is 0 Å². The van der Waals surface area contributed by atoms with Crippen LogP contribution in [0.25, 0.3) is 5.65 Å². The van der Waals surface area contributed by atoms with Crippen LogP contribution >= 0.6 is 12.2 Å². The van der Waals surface area contributed by atoms with Gasteiger partial charge in [0.15, 0.2) is 0 Å². The number of ketones is 1. The van der Waals surface area contributed by atoms with Crippen LogP contribution in [0.3, 0.4) is 0 Å². The lowest BCUT2D eigenvalue weighted by molar-refractivity contribution is -0.117. The molecule has 0 saturated heterocycles. The molecule has 0 unspecified atom stereocenters. The van der Waals surface area contributed by atoms with Gasteiger partial charge in [0.2, 0.25) is 0 Å². The molecule has 0 saturated carbocycles. The third kappa shape index (κ3) is 1.48. The molecular weight excluding hydrogens is 196 g/mol. The number of imidazole rings is 1. The number of carbonyl (C=O) groups is 1. The molecule has 72 valence electrons. The standard InChI is InChI=1S/C10H10N2OS/c1-8(13)7-11-5-6-12-9(11)3-2-4-10(12)14/h2-6H,7H2,1H3. The van der Waals surface area contributed by atoms with Gasteiger partial charge in [-0.25, -0.2) is 0 Å². The van der Waals surface area contributed by atoms with Crippen LogP contribution in [0.2, 0.25) is 0 Å². The first-order valence-electron chi connectivity index (χ1n) is 4.34. The summed E-state index contributed by atoms with van der Waals surface area (Å²) in [6.07, 6.45) is 3.74. The summed E-state index contributed by atoms with van der Waals surface area (Å²) in [5.41, 5.74) is 0.952.